The van der Waals surface area contributed by atoms with E-state index in [2.05, 4.69) is 26.4 Å². The second kappa shape index (κ2) is 11.7. The molecule has 2 aromatic carbocycles. The van der Waals surface area contributed by atoms with Gasteiger partial charge in [-0.05, 0) is 62.1 Å². The molecule has 180 valence electrons. The molecular weight excluding hydrogens is 475 g/mol. The van der Waals surface area contributed by atoms with Crippen molar-refractivity contribution in [3.63, 3.8) is 0 Å². The maximum atomic E-state index is 12.7. The maximum Gasteiger partial charge on any atom is 0.241 e. The van der Waals surface area contributed by atoms with E-state index in [0.29, 0.717) is 47.0 Å². The number of likely N-dealkylation sites (tertiary alicyclic amines) is 1. The van der Waals surface area contributed by atoms with Crippen LogP contribution in [0.4, 0.5) is 0 Å². The first-order valence-corrected chi connectivity index (χ1v) is 12.2. The zero-order valence-electron chi connectivity index (χ0n) is 19.1. The Morgan fingerprint density at radius 3 is 2.94 bits per heavy atom. The van der Waals surface area contributed by atoms with Gasteiger partial charge in [-0.3, -0.25) is 9.69 Å². The zero-order chi connectivity index (χ0) is 23.9. The number of nitrogens with zero attached hydrogens (tertiary/aromatic N) is 3. The first-order chi connectivity index (χ1) is 16.5. The smallest absolute Gasteiger partial charge is 0.241 e. The van der Waals surface area contributed by atoms with E-state index < -0.39 is 0 Å². The highest BCUT2D eigenvalue weighted by atomic mass is 35.5. The highest BCUT2D eigenvalue weighted by Crippen LogP contribution is 2.29. The fourth-order valence-electron chi connectivity index (χ4n) is 4.25. The average molecular weight is 503 g/mol. The molecule has 34 heavy (non-hydrogen) atoms. The molecule has 0 bridgehead atoms. The van der Waals surface area contributed by atoms with Crippen molar-refractivity contribution < 1.29 is 14.1 Å². The number of halogens is 2. The van der Waals surface area contributed by atoms with Gasteiger partial charge in [-0.15, -0.1) is 0 Å². The Labute approximate surface area is 209 Å². The van der Waals surface area contributed by atoms with E-state index in [4.69, 9.17) is 32.5 Å². The monoisotopic (exact) mass is 502 g/mol. The van der Waals surface area contributed by atoms with Crippen LogP contribution in [-0.2, 0) is 17.8 Å². The number of piperidine rings is 1. The Bertz CT molecular complexity index is 1120. The number of amides is 1. The van der Waals surface area contributed by atoms with E-state index in [-0.39, 0.29) is 11.8 Å². The second-order valence-corrected chi connectivity index (χ2v) is 9.26. The Balaban J connectivity index is 1.25. The van der Waals surface area contributed by atoms with Gasteiger partial charge in [0.25, 0.3) is 0 Å². The first kappa shape index (κ1) is 24.5. The van der Waals surface area contributed by atoms with Crippen LogP contribution in [0.5, 0.6) is 5.75 Å². The number of ether oxygens (including phenoxy) is 1. The van der Waals surface area contributed by atoms with E-state index in [0.717, 1.165) is 43.5 Å². The molecule has 4 rings (SSSR count). The summed E-state index contributed by atoms with van der Waals surface area (Å²) in [7, 11) is 1.68. The number of para-hydroxylation sites is 1. The van der Waals surface area contributed by atoms with Crippen molar-refractivity contribution in [3.8, 4) is 17.1 Å². The van der Waals surface area contributed by atoms with Crippen LogP contribution in [0.25, 0.3) is 11.4 Å². The number of hydrogen-bond acceptors (Lipinski definition) is 6. The molecule has 1 fully saturated rings. The molecular formula is C25H28Cl2N4O3. The van der Waals surface area contributed by atoms with E-state index >= 15 is 0 Å². The fraction of sp³-hybridized carbons (Fsp3) is 0.400. The van der Waals surface area contributed by atoms with Crippen molar-refractivity contribution in [1.82, 2.24) is 20.4 Å². The third-order valence-corrected chi connectivity index (χ3v) is 6.54. The van der Waals surface area contributed by atoms with E-state index in [1.54, 1.807) is 25.3 Å². The number of aryl methyl sites for hydroxylation is 1. The molecule has 3 aromatic rings. The summed E-state index contributed by atoms with van der Waals surface area (Å²) < 4.78 is 10.8. The molecule has 1 aromatic heterocycles. The molecule has 1 saturated heterocycles. The minimum absolute atomic E-state index is 0.0480. The number of carbonyl (C=O) groups excluding carboxylic acids is 1. The number of rotatable bonds is 9. The van der Waals surface area contributed by atoms with Gasteiger partial charge in [0.1, 0.15) is 5.75 Å². The molecule has 0 radical (unpaired) electrons. The lowest BCUT2D eigenvalue weighted by molar-refractivity contribution is -0.126. The average Bonchev–Trinajstić information content (AvgIpc) is 3.30. The minimum atomic E-state index is -0.0480. The largest absolute Gasteiger partial charge is 0.496 e. The normalized spacial score (nSPS) is 16.4. The molecule has 0 aliphatic carbocycles. The lowest BCUT2D eigenvalue weighted by atomic mass is 9.97. The minimum Gasteiger partial charge on any atom is -0.496 e. The van der Waals surface area contributed by atoms with Gasteiger partial charge in [-0.25, -0.2) is 0 Å². The van der Waals surface area contributed by atoms with Crippen molar-refractivity contribution >= 4 is 29.1 Å². The number of methoxy groups -OCH3 is 1. The molecule has 1 unspecified atom stereocenters. The maximum absolute atomic E-state index is 12.7. The summed E-state index contributed by atoms with van der Waals surface area (Å²) in [6.07, 6.45) is 3.55. The Hall–Kier alpha value is -2.61. The van der Waals surface area contributed by atoms with Crippen LogP contribution in [-0.4, -0.2) is 47.7 Å². The van der Waals surface area contributed by atoms with Crippen LogP contribution in [0.3, 0.4) is 0 Å². The third kappa shape index (κ3) is 6.29. The summed E-state index contributed by atoms with van der Waals surface area (Å²) >= 11 is 12.2. The predicted octanol–water partition coefficient (Wildman–Crippen LogP) is 5.01. The quantitative estimate of drug-likeness (QED) is 0.414. The molecule has 9 heteroatoms. The van der Waals surface area contributed by atoms with Crippen molar-refractivity contribution in [2.75, 3.05) is 26.7 Å². The zero-order valence-corrected chi connectivity index (χ0v) is 20.6. The van der Waals surface area contributed by atoms with Crippen molar-refractivity contribution in [2.45, 2.75) is 32.2 Å². The van der Waals surface area contributed by atoms with Crippen LogP contribution >= 0.6 is 23.2 Å². The molecule has 7 nitrogen and oxygen atoms in total. The van der Waals surface area contributed by atoms with Gasteiger partial charge in [-0.1, -0.05) is 46.6 Å². The standard InChI is InChI=1S/C25H28Cl2N4O3/c1-33-22-9-3-2-6-17(22)7-4-12-28-25(32)18-8-5-13-31(15-18)16-23-29-24(30-34-23)20-11-10-19(26)14-21(20)27/h2-3,6,9-11,14,18H,4-5,7-8,12-13,15-16H2,1H3,(H,28,32). The molecule has 1 aliphatic rings. The Morgan fingerprint density at radius 1 is 1.26 bits per heavy atom. The highest BCUT2D eigenvalue weighted by molar-refractivity contribution is 6.36. The van der Waals surface area contributed by atoms with Gasteiger partial charge in [0.2, 0.25) is 17.6 Å². The van der Waals surface area contributed by atoms with Gasteiger partial charge in [0.15, 0.2) is 0 Å². The fourth-order valence-corrected chi connectivity index (χ4v) is 4.74. The van der Waals surface area contributed by atoms with Crippen LogP contribution in [0.2, 0.25) is 10.0 Å². The Kier molecular flexibility index (Phi) is 8.43. The molecule has 1 aliphatic heterocycles. The van der Waals surface area contributed by atoms with Crippen LogP contribution < -0.4 is 10.1 Å². The molecule has 1 amide bonds. The van der Waals surface area contributed by atoms with Gasteiger partial charge >= 0.3 is 0 Å². The summed E-state index contributed by atoms with van der Waals surface area (Å²) in [5, 5.41) is 8.18. The number of aromatic nitrogens is 2. The molecule has 1 atom stereocenters. The van der Waals surface area contributed by atoms with Crippen LogP contribution in [0, 0.1) is 5.92 Å². The van der Waals surface area contributed by atoms with Gasteiger partial charge in [0, 0.05) is 23.7 Å². The SMILES string of the molecule is COc1ccccc1CCCNC(=O)C1CCCN(Cc2nc(-c3ccc(Cl)cc3Cl)no2)C1. The van der Waals surface area contributed by atoms with Crippen molar-refractivity contribution in [3.05, 3.63) is 64.0 Å². The lowest BCUT2D eigenvalue weighted by Gasteiger charge is -2.30. The number of nitrogens with one attached hydrogen (secondary N) is 1. The van der Waals surface area contributed by atoms with Gasteiger partial charge in [0.05, 0.1) is 24.6 Å². The third-order valence-electron chi connectivity index (χ3n) is 5.99. The molecule has 0 spiro atoms. The predicted molar refractivity (Wildman–Crippen MR) is 132 cm³/mol. The van der Waals surface area contributed by atoms with Gasteiger partial charge < -0.3 is 14.6 Å². The topological polar surface area (TPSA) is 80.5 Å². The summed E-state index contributed by atoms with van der Waals surface area (Å²) in [5.74, 6) is 1.87. The van der Waals surface area contributed by atoms with Crippen molar-refractivity contribution in [2.24, 2.45) is 5.92 Å². The van der Waals surface area contributed by atoms with E-state index in [9.17, 15) is 4.79 Å². The van der Waals surface area contributed by atoms with Gasteiger partial charge in [-0.2, -0.15) is 4.98 Å². The first-order valence-electron chi connectivity index (χ1n) is 11.4. The molecule has 2 heterocycles. The van der Waals surface area contributed by atoms with Crippen LogP contribution in [0.15, 0.2) is 47.0 Å². The summed E-state index contributed by atoms with van der Waals surface area (Å²) in [4.78, 5) is 19.4. The highest BCUT2D eigenvalue weighted by Gasteiger charge is 2.27. The number of benzene rings is 2. The second-order valence-electron chi connectivity index (χ2n) is 8.42. The Morgan fingerprint density at radius 2 is 2.12 bits per heavy atom. The molecule has 1 N–H and O–H groups in total. The van der Waals surface area contributed by atoms with E-state index in [1.165, 1.54) is 0 Å². The van der Waals surface area contributed by atoms with Crippen LogP contribution in [0.1, 0.15) is 30.7 Å². The molecule has 0 saturated carbocycles. The van der Waals surface area contributed by atoms with E-state index in [1.807, 2.05) is 18.2 Å². The lowest BCUT2D eigenvalue weighted by Crippen LogP contribution is -2.43. The summed E-state index contributed by atoms with van der Waals surface area (Å²) in [6, 6.07) is 13.1. The summed E-state index contributed by atoms with van der Waals surface area (Å²) in [5.41, 5.74) is 1.83. The summed E-state index contributed by atoms with van der Waals surface area (Å²) in [6.45, 7) is 2.69. The number of carbonyl (C=O) groups is 1. The van der Waals surface area contributed by atoms with Crippen molar-refractivity contribution in [1.29, 1.82) is 0 Å². The number of hydrogen-bond donors (Lipinski definition) is 1.